The summed E-state index contributed by atoms with van der Waals surface area (Å²) in [6.45, 7) is -0.0283. The third-order valence-corrected chi connectivity index (χ3v) is 20.7. The highest BCUT2D eigenvalue weighted by atomic mass is 32.2. The molecule has 0 spiro atoms. The van der Waals surface area contributed by atoms with Gasteiger partial charge in [-0.2, -0.15) is 71.8 Å². The minimum Gasteiger partial charge on any atom is -0.507 e. The van der Waals surface area contributed by atoms with E-state index in [0.717, 1.165) is 70.7 Å². The van der Waals surface area contributed by atoms with E-state index in [1.807, 2.05) is 0 Å². The van der Waals surface area contributed by atoms with Gasteiger partial charge in [-0.3, -0.25) is 20.9 Å². The van der Waals surface area contributed by atoms with Crippen LogP contribution in [-0.4, -0.2) is 185 Å². The summed E-state index contributed by atoms with van der Waals surface area (Å²) in [7, 11) is -7.36. The number of phenolic OH excluding ortho intramolecular Hbond substituents is 2. The molecule has 6 aromatic carbocycles. The Bertz CT molecular complexity index is 4660. The zero-order chi connectivity index (χ0) is 78.3. The molecule has 51 heteroatoms. The summed E-state index contributed by atoms with van der Waals surface area (Å²) in [4.78, 5) is 30.1. The van der Waals surface area contributed by atoms with Crippen molar-refractivity contribution >= 4 is 160 Å². The summed E-state index contributed by atoms with van der Waals surface area (Å²) in [5.41, 5.74) is 0.834. The standard InChI is InChI=1S/2C20H21N3O10S3.C10H18FN5O6S2.C5H5F2N3/c2*1-29-32-33-34-12-21-16-9-8-13-10-14(35(25,26)30-2)11-17(24)19(13)20(16)23-22-15-6-4-5-7-18(15)36(27,28)31-3;1-12-9-13-8(11)14-10(15-9)16(2)4-6-24(17,18)7-5-20-23-22-21-19-3;1-8-4-2-3(6)9-5(7)10-4/h2*4-11,21,24H,12H2,1-3H3;4-7H2,1-3H3,(H,12,13,14,15);2H,1H3,(H,8,9,10). The summed E-state index contributed by atoms with van der Waals surface area (Å²) in [5, 5.41) is 62.6. The molecule has 2 heterocycles. The zero-order valence-corrected chi connectivity index (χ0v) is 63.2. The smallest absolute Gasteiger partial charge is 0.315 e. The van der Waals surface area contributed by atoms with E-state index < -0.39 is 79.9 Å². The number of rotatable bonds is 37. The average molecular weight is 1650 g/mol. The maximum atomic E-state index is 13.2. The van der Waals surface area contributed by atoms with Crippen molar-refractivity contribution in [2.75, 3.05) is 133 Å². The van der Waals surface area contributed by atoms with Crippen LogP contribution in [0.2, 0.25) is 0 Å². The highest BCUT2D eigenvalue weighted by Gasteiger charge is 2.25. The van der Waals surface area contributed by atoms with Crippen molar-refractivity contribution in [1.29, 1.82) is 0 Å². The maximum absolute atomic E-state index is 13.2. The lowest BCUT2D eigenvalue weighted by Crippen LogP contribution is -2.29. The molecule has 580 valence electrons. The topological polar surface area (TPSA) is 506 Å². The van der Waals surface area contributed by atoms with E-state index in [-0.39, 0.29) is 107 Å². The van der Waals surface area contributed by atoms with Crippen LogP contribution in [0.3, 0.4) is 0 Å². The van der Waals surface area contributed by atoms with E-state index >= 15 is 0 Å². The van der Waals surface area contributed by atoms with Gasteiger partial charge >= 0.3 is 12.2 Å². The first-order valence-electron chi connectivity index (χ1n) is 28.7. The Morgan fingerprint density at radius 3 is 1.40 bits per heavy atom. The number of halogens is 3. The number of hydrogen-bond donors (Lipinski definition) is 6. The highest BCUT2D eigenvalue weighted by molar-refractivity contribution is 7.94. The quantitative estimate of drug-likeness (QED) is 0.00243. The van der Waals surface area contributed by atoms with Gasteiger partial charge in [-0.15, -0.1) is 33.5 Å². The molecule has 0 unspecified atom stereocenters. The molecular weight excluding hydrogens is 1590 g/mol. The second kappa shape index (κ2) is 42.9. The lowest BCUT2D eigenvalue weighted by Gasteiger charge is -2.17. The van der Waals surface area contributed by atoms with E-state index in [1.54, 1.807) is 43.4 Å². The van der Waals surface area contributed by atoms with E-state index in [4.69, 9.17) is 4.18 Å². The Balaban J connectivity index is 0.000000272. The number of hydrogen-bond acceptors (Lipinski definition) is 43. The second-order valence-corrected chi connectivity index (χ2v) is 30.1. The minimum atomic E-state index is -4.09. The van der Waals surface area contributed by atoms with Crippen molar-refractivity contribution in [1.82, 2.24) is 24.9 Å². The predicted molar refractivity (Wildman–Crippen MR) is 375 cm³/mol. The Labute approximate surface area is 616 Å². The fourth-order valence-electron chi connectivity index (χ4n) is 7.89. The lowest BCUT2D eigenvalue weighted by molar-refractivity contribution is -0.449. The van der Waals surface area contributed by atoms with Crippen LogP contribution in [0.15, 0.2) is 143 Å². The van der Waals surface area contributed by atoms with Gasteiger partial charge in [0.1, 0.15) is 49.9 Å². The minimum absolute atomic E-state index is 0.0217. The van der Waals surface area contributed by atoms with Crippen LogP contribution in [0.4, 0.5) is 65.0 Å². The molecular formula is C55H65F3N14O26S8. The first kappa shape index (κ1) is 88.4. The number of azo groups is 2. The number of aromatic hydroxyl groups is 2. The molecule has 0 atom stereocenters. The zero-order valence-electron chi connectivity index (χ0n) is 56.6. The summed E-state index contributed by atoms with van der Waals surface area (Å²) in [5.74, 6) is -1.68. The molecule has 0 bridgehead atoms. The number of anilines is 5. The van der Waals surface area contributed by atoms with Crippen LogP contribution in [-0.2, 0) is 114 Å². The monoisotopic (exact) mass is 1650 g/mol. The number of phenols is 2. The first-order valence-corrected chi connectivity index (χ1v) is 38.7. The van der Waals surface area contributed by atoms with Crippen LogP contribution in [0.5, 0.6) is 11.5 Å². The van der Waals surface area contributed by atoms with Crippen molar-refractivity contribution in [3.8, 4) is 11.5 Å². The highest BCUT2D eigenvalue weighted by Crippen LogP contribution is 2.44. The number of nitrogens with one attached hydrogen (secondary N) is 4. The Hall–Kier alpha value is -8.24. The molecule has 8 rings (SSSR count). The number of benzene rings is 6. The summed E-state index contributed by atoms with van der Waals surface area (Å²) in [6, 6.07) is 23.4. The first-order chi connectivity index (χ1) is 50.4. The van der Waals surface area contributed by atoms with Crippen molar-refractivity contribution in [3.63, 3.8) is 0 Å². The van der Waals surface area contributed by atoms with Gasteiger partial charge in [-0.1, -0.05) is 51.5 Å². The van der Waals surface area contributed by atoms with Gasteiger partial charge < -0.3 is 36.4 Å². The fraction of sp³-hybridized carbons (Fsp3) is 0.291. The molecule has 0 fully saturated rings. The van der Waals surface area contributed by atoms with Gasteiger partial charge in [-0.05, 0) is 59.3 Å². The molecule has 8 aromatic rings. The fourth-order valence-corrected chi connectivity index (χ4v) is 13.1. The predicted octanol–water partition coefficient (Wildman–Crippen LogP) is 9.11. The van der Waals surface area contributed by atoms with E-state index in [1.165, 1.54) is 88.9 Å². The molecule has 0 aliphatic carbocycles. The maximum Gasteiger partial charge on any atom is 0.315 e. The average Bonchev–Trinajstić information content (AvgIpc) is 0.774. The molecule has 0 saturated carbocycles. The van der Waals surface area contributed by atoms with Crippen LogP contribution < -0.4 is 26.2 Å². The molecule has 0 radical (unpaired) electrons. The summed E-state index contributed by atoms with van der Waals surface area (Å²) in [6.07, 6.45) is -2.02. The van der Waals surface area contributed by atoms with Crippen molar-refractivity contribution in [2.24, 2.45) is 20.5 Å². The summed E-state index contributed by atoms with van der Waals surface area (Å²) < 4.78 is 196. The Morgan fingerprint density at radius 1 is 0.509 bits per heavy atom. The van der Waals surface area contributed by atoms with Crippen LogP contribution in [0.25, 0.3) is 21.5 Å². The van der Waals surface area contributed by atoms with Gasteiger partial charge in [0.05, 0.1) is 136 Å². The van der Waals surface area contributed by atoms with Crippen molar-refractivity contribution < 1.29 is 129 Å². The van der Waals surface area contributed by atoms with Crippen LogP contribution in [0.1, 0.15) is 0 Å². The normalized spacial score (nSPS) is 11.9. The van der Waals surface area contributed by atoms with Gasteiger partial charge in [0.25, 0.3) is 40.5 Å². The molecule has 0 amide bonds. The second-order valence-electron chi connectivity index (χ2n) is 19.1. The van der Waals surface area contributed by atoms with E-state index in [9.17, 15) is 65.5 Å². The van der Waals surface area contributed by atoms with Gasteiger partial charge in [-0.25, -0.2) is 23.1 Å². The Kier molecular flexibility index (Phi) is 35.8. The van der Waals surface area contributed by atoms with E-state index in [0.29, 0.717) is 34.5 Å². The van der Waals surface area contributed by atoms with Gasteiger partial charge in [0, 0.05) is 45.9 Å². The SMILES string of the molecule is CNc1cc(F)nc(F)n1.CNc1nc(F)nc(N(C)CCS(=O)(=O)CCOSOOOC)n1.COOOSCNc1ccc2cc(S(=O)(=O)OC)cc(O)c2c1N=Nc1ccccc1S(=O)(=O)OC.COOOSCNc1ccc2cc(S(=O)(=O)OC)cc(O)c2c1N=Nc1ccccc1S(=O)(=O)OC. The number of sulfone groups is 1. The van der Waals surface area contributed by atoms with Crippen molar-refractivity contribution in [3.05, 3.63) is 121 Å². The van der Waals surface area contributed by atoms with Crippen molar-refractivity contribution in [2.45, 2.75) is 19.6 Å². The Morgan fingerprint density at radius 2 is 0.962 bits per heavy atom. The molecule has 0 saturated heterocycles. The van der Waals surface area contributed by atoms with Gasteiger partial charge in [0.2, 0.25) is 17.8 Å². The molecule has 0 aliphatic heterocycles. The molecule has 6 N–H and O–H groups in total. The number of aromatic nitrogens is 5. The molecule has 0 aliphatic rings. The van der Waals surface area contributed by atoms with E-state index in [2.05, 4.69) is 126 Å². The third kappa shape index (κ3) is 26.9. The van der Waals surface area contributed by atoms with Gasteiger partial charge in [0.15, 0.2) is 22.2 Å². The van der Waals surface area contributed by atoms with Crippen LogP contribution in [0, 0.1) is 18.1 Å². The summed E-state index contributed by atoms with van der Waals surface area (Å²) >= 11 is 2.12. The molecule has 106 heavy (non-hydrogen) atoms. The molecule has 2 aromatic heterocycles. The van der Waals surface area contributed by atoms with Crippen LogP contribution >= 0.6 is 36.4 Å². The third-order valence-electron chi connectivity index (χ3n) is 12.7. The lowest BCUT2D eigenvalue weighted by atomic mass is 10.1. The largest absolute Gasteiger partial charge is 0.507 e. The number of fused-ring (bicyclic) bond motifs is 2. The molecule has 40 nitrogen and oxygen atoms in total. The number of nitrogens with zero attached hydrogens (tertiary/aromatic N) is 10.